The topological polar surface area (TPSA) is 117 Å². The van der Waals surface area contributed by atoms with Crippen molar-refractivity contribution >= 4 is 11.9 Å². The molecule has 8 nitrogen and oxygen atoms in total. The molecule has 0 aliphatic rings. The van der Waals surface area contributed by atoms with Crippen molar-refractivity contribution in [3.63, 3.8) is 0 Å². The third-order valence-corrected chi connectivity index (χ3v) is 4.01. The maximum Gasteiger partial charge on any atom is 0.331 e. The number of carbonyl (C=O) groups is 2. The average Bonchev–Trinajstić information content (AvgIpc) is 2.62. The van der Waals surface area contributed by atoms with Crippen LogP contribution in [0.15, 0.2) is 0 Å². The molecule has 0 aromatic heterocycles. The van der Waals surface area contributed by atoms with E-state index in [0.717, 1.165) is 38.5 Å². The zero-order valence-corrected chi connectivity index (χ0v) is 16.2. The molecule has 0 bridgehead atoms. The van der Waals surface area contributed by atoms with Gasteiger partial charge in [-0.05, 0) is 26.3 Å². The number of esters is 1. The summed E-state index contributed by atoms with van der Waals surface area (Å²) in [6.45, 7) is 3.43. The van der Waals surface area contributed by atoms with Gasteiger partial charge in [0.25, 0.3) is 0 Å². The van der Waals surface area contributed by atoms with Crippen LogP contribution < -0.4 is 5.73 Å². The van der Waals surface area contributed by atoms with E-state index in [2.05, 4.69) is 4.74 Å². The van der Waals surface area contributed by atoms with Crippen molar-refractivity contribution in [3.8, 4) is 0 Å². The molecule has 0 rings (SSSR count). The number of nitrogens with two attached hydrogens (primary N) is 1. The molecule has 0 heterocycles. The van der Waals surface area contributed by atoms with Crippen molar-refractivity contribution in [2.75, 3.05) is 53.3 Å². The van der Waals surface area contributed by atoms with Crippen LogP contribution in [0.4, 0.5) is 0 Å². The Morgan fingerprint density at radius 2 is 1.50 bits per heavy atom. The van der Waals surface area contributed by atoms with Crippen molar-refractivity contribution < 1.29 is 33.6 Å². The van der Waals surface area contributed by atoms with Gasteiger partial charge in [0.05, 0.1) is 26.9 Å². The molecule has 0 aromatic rings. The minimum atomic E-state index is -1.02. The highest BCUT2D eigenvalue weighted by Crippen LogP contribution is 2.28. The Kier molecular flexibility index (Phi) is 15.2. The fourth-order valence-corrected chi connectivity index (χ4v) is 2.60. The number of rotatable bonds is 18. The van der Waals surface area contributed by atoms with E-state index in [4.69, 9.17) is 25.1 Å². The van der Waals surface area contributed by atoms with Crippen molar-refractivity contribution in [2.45, 2.75) is 45.4 Å². The Balaban J connectivity index is 4.69. The molecule has 0 amide bonds. The van der Waals surface area contributed by atoms with E-state index in [1.165, 1.54) is 7.11 Å². The van der Waals surface area contributed by atoms with Gasteiger partial charge in [-0.1, -0.05) is 25.7 Å². The molecule has 0 aromatic carbocycles. The Hall–Kier alpha value is -1.22. The highest BCUT2D eigenvalue weighted by Gasteiger charge is 2.32. The van der Waals surface area contributed by atoms with Crippen LogP contribution >= 0.6 is 0 Å². The lowest BCUT2D eigenvalue weighted by Crippen LogP contribution is -2.38. The summed E-state index contributed by atoms with van der Waals surface area (Å²) in [4.78, 5) is 22.0. The zero-order chi connectivity index (χ0) is 19.7. The summed E-state index contributed by atoms with van der Waals surface area (Å²) >= 11 is 0. The lowest BCUT2D eigenvalue weighted by molar-refractivity contribution is -0.151. The molecular formula is C18H35NO7. The zero-order valence-electron chi connectivity index (χ0n) is 16.2. The summed E-state index contributed by atoms with van der Waals surface area (Å²) in [7, 11) is 1.30. The monoisotopic (exact) mass is 377 g/mol. The molecule has 1 unspecified atom stereocenters. The predicted molar refractivity (Wildman–Crippen MR) is 97.0 cm³/mol. The van der Waals surface area contributed by atoms with E-state index >= 15 is 0 Å². The van der Waals surface area contributed by atoms with Gasteiger partial charge < -0.3 is 29.8 Å². The smallest absolute Gasteiger partial charge is 0.331 e. The van der Waals surface area contributed by atoms with Gasteiger partial charge in [0.1, 0.15) is 13.2 Å². The Morgan fingerprint density at radius 3 is 2.08 bits per heavy atom. The highest BCUT2D eigenvalue weighted by atomic mass is 16.6. The van der Waals surface area contributed by atoms with Crippen molar-refractivity contribution in [1.82, 2.24) is 0 Å². The Bertz CT molecular complexity index is 379. The first-order chi connectivity index (χ1) is 12.5. The maximum absolute atomic E-state index is 11.3. The number of unbranched alkanes of at least 4 members (excludes halogenated alkanes) is 4. The van der Waals surface area contributed by atoms with Gasteiger partial charge >= 0.3 is 11.9 Å². The van der Waals surface area contributed by atoms with Crippen LogP contribution in [0.1, 0.15) is 45.4 Å². The number of hydrogen-bond donors (Lipinski definition) is 2. The average molecular weight is 377 g/mol. The van der Waals surface area contributed by atoms with E-state index in [1.54, 1.807) is 0 Å². The fourth-order valence-electron chi connectivity index (χ4n) is 2.60. The Labute approximate surface area is 156 Å². The molecule has 0 spiro atoms. The second-order valence-corrected chi connectivity index (χ2v) is 6.40. The van der Waals surface area contributed by atoms with Crippen LogP contribution in [0.2, 0.25) is 0 Å². The number of carboxylic acids is 1. The van der Waals surface area contributed by atoms with Crippen molar-refractivity contribution in [2.24, 2.45) is 11.1 Å². The number of carbonyl (C=O) groups excluding carboxylic acids is 1. The predicted octanol–water partition coefficient (Wildman–Crippen LogP) is 1.60. The number of methoxy groups -OCH3 is 1. The summed E-state index contributed by atoms with van der Waals surface area (Å²) in [5, 5.41) is 8.80. The lowest BCUT2D eigenvalue weighted by atomic mass is 9.84. The Morgan fingerprint density at radius 1 is 0.923 bits per heavy atom. The van der Waals surface area contributed by atoms with E-state index in [0.29, 0.717) is 19.8 Å². The minimum absolute atomic E-state index is 0.153. The molecule has 8 heteroatoms. The third-order valence-electron chi connectivity index (χ3n) is 4.01. The van der Waals surface area contributed by atoms with Gasteiger partial charge in [-0.2, -0.15) is 0 Å². The molecule has 3 N–H and O–H groups in total. The first-order valence-electron chi connectivity index (χ1n) is 9.21. The SMILES string of the molecule is CCOCC(CCCCCCCN)(COCC(=O)O)COCC(=O)OC. The van der Waals surface area contributed by atoms with Gasteiger partial charge in [0, 0.05) is 12.0 Å². The van der Waals surface area contributed by atoms with Crippen LogP contribution in [0.3, 0.4) is 0 Å². The molecule has 0 fully saturated rings. The normalized spacial score (nSPS) is 13.3. The van der Waals surface area contributed by atoms with Gasteiger partial charge in [0.15, 0.2) is 0 Å². The van der Waals surface area contributed by atoms with Crippen LogP contribution in [-0.4, -0.2) is 70.3 Å². The van der Waals surface area contributed by atoms with Crippen LogP contribution in [0, 0.1) is 5.41 Å². The van der Waals surface area contributed by atoms with E-state index < -0.39 is 17.4 Å². The molecule has 0 saturated carbocycles. The van der Waals surface area contributed by atoms with Crippen LogP contribution in [0.5, 0.6) is 0 Å². The molecule has 0 aliphatic heterocycles. The minimum Gasteiger partial charge on any atom is -0.480 e. The summed E-state index contributed by atoms with van der Waals surface area (Å²) < 4.78 is 21.0. The standard InChI is InChI=1S/C18H35NO7/c1-3-24-13-18(14-25-11-16(20)21,15-26-12-17(22)23-2)9-7-5-4-6-8-10-19/h3-15,19H2,1-2H3,(H,20,21). The number of ether oxygens (including phenoxy) is 4. The lowest BCUT2D eigenvalue weighted by Gasteiger charge is -2.33. The molecule has 26 heavy (non-hydrogen) atoms. The van der Waals surface area contributed by atoms with Gasteiger partial charge in [0.2, 0.25) is 0 Å². The third kappa shape index (κ3) is 13.0. The number of carboxylic acid groups (broad SMARTS) is 1. The van der Waals surface area contributed by atoms with Crippen molar-refractivity contribution in [3.05, 3.63) is 0 Å². The summed E-state index contributed by atoms with van der Waals surface area (Å²) in [5.41, 5.74) is 5.01. The molecule has 0 aliphatic carbocycles. The summed E-state index contributed by atoms with van der Waals surface area (Å²) in [5.74, 6) is -1.48. The molecular weight excluding hydrogens is 342 g/mol. The second kappa shape index (κ2) is 16.0. The largest absolute Gasteiger partial charge is 0.480 e. The number of aliphatic carboxylic acids is 1. The van der Waals surface area contributed by atoms with Crippen LogP contribution in [0.25, 0.3) is 0 Å². The molecule has 0 saturated heterocycles. The van der Waals surface area contributed by atoms with E-state index in [1.807, 2.05) is 6.92 Å². The fraction of sp³-hybridized carbons (Fsp3) is 0.889. The maximum atomic E-state index is 11.3. The van der Waals surface area contributed by atoms with Gasteiger partial charge in [-0.15, -0.1) is 0 Å². The van der Waals surface area contributed by atoms with E-state index in [-0.39, 0.29) is 26.4 Å². The quantitative estimate of drug-likeness (QED) is 0.273. The van der Waals surface area contributed by atoms with Gasteiger partial charge in [-0.25, -0.2) is 9.59 Å². The number of hydrogen-bond acceptors (Lipinski definition) is 7. The van der Waals surface area contributed by atoms with Crippen LogP contribution in [-0.2, 0) is 28.5 Å². The first-order valence-corrected chi connectivity index (χ1v) is 9.21. The molecule has 1 atom stereocenters. The molecule has 154 valence electrons. The van der Waals surface area contributed by atoms with Gasteiger partial charge in [-0.3, -0.25) is 0 Å². The summed E-state index contributed by atoms with van der Waals surface area (Å²) in [6, 6.07) is 0. The summed E-state index contributed by atoms with van der Waals surface area (Å²) in [6.07, 6.45) is 5.97. The van der Waals surface area contributed by atoms with E-state index in [9.17, 15) is 9.59 Å². The molecule has 0 radical (unpaired) electrons. The first kappa shape index (κ1) is 24.8. The second-order valence-electron chi connectivity index (χ2n) is 6.40. The highest BCUT2D eigenvalue weighted by molar-refractivity contribution is 5.70. The van der Waals surface area contributed by atoms with Crippen molar-refractivity contribution in [1.29, 1.82) is 0 Å².